The van der Waals surface area contributed by atoms with E-state index in [-0.39, 0.29) is 19.0 Å². The van der Waals surface area contributed by atoms with Crippen LogP contribution in [0.15, 0.2) is 76.2 Å². The van der Waals surface area contributed by atoms with Crippen molar-refractivity contribution in [3.63, 3.8) is 0 Å². The third kappa shape index (κ3) is 9.78. The summed E-state index contributed by atoms with van der Waals surface area (Å²) in [5.74, 6) is 1.01. The summed E-state index contributed by atoms with van der Waals surface area (Å²) in [7, 11) is 1.78. The number of hydrogen-bond acceptors (Lipinski definition) is 8. The van der Waals surface area contributed by atoms with Crippen molar-refractivity contribution >= 4 is 30.6 Å². The summed E-state index contributed by atoms with van der Waals surface area (Å²) in [5.41, 5.74) is 0.713. The van der Waals surface area contributed by atoms with Crippen molar-refractivity contribution < 1.29 is 19.1 Å². The molecule has 1 atom stereocenters. The molecule has 0 bridgehead atoms. The Labute approximate surface area is 201 Å². The number of nitrogens with one attached hydrogen (secondary N) is 1. The van der Waals surface area contributed by atoms with Crippen molar-refractivity contribution in [2.45, 2.75) is 39.7 Å². The number of carbonyl (C=O) groups excluding carboxylic acids is 2. The number of morpholine rings is 1. The fraction of sp³-hybridized carbons (Fsp3) is 0.375. The monoisotopic (exact) mass is 470 g/mol. The summed E-state index contributed by atoms with van der Waals surface area (Å²) < 4.78 is 11.1. The molecule has 1 saturated heterocycles. The van der Waals surface area contributed by atoms with Crippen molar-refractivity contribution in [2.24, 2.45) is 15.1 Å². The minimum absolute atomic E-state index is 0.172. The Morgan fingerprint density at radius 2 is 2.12 bits per heavy atom. The molecule has 0 unspecified atom stereocenters. The van der Waals surface area contributed by atoms with E-state index in [2.05, 4.69) is 40.3 Å². The van der Waals surface area contributed by atoms with Crippen LogP contribution in [0.3, 0.4) is 0 Å². The van der Waals surface area contributed by atoms with Gasteiger partial charge in [-0.15, -0.1) is 0 Å². The topological polar surface area (TPSA) is 108 Å². The molecule has 1 fully saturated rings. The highest BCUT2D eigenvalue weighted by atomic mass is 16.5. The molecule has 1 aliphatic heterocycles. The van der Waals surface area contributed by atoms with Crippen molar-refractivity contribution in [1.29, 1.82) is 0 Å². The second kappa shape index (κ2) is 15.1. The summed E-state index contributed by atoms with van der Waals surface area (Å²) in [6, 6.07) is -0.587. The minimum Gasteiger partial charge on any atom is -0.466 e. The molecule has 184 valence electrons. The summed E-state index contributed by atoms with van der Waals surface area (Å²) >= 11 is 0. The van der Waals surface area contributed by atoms with E-state index in [9.17, 15) is 9.59 Å². The van der Waals surface area contributed by atoms with Crippen molar-refractivity contribution in [1.82, 2.24) is 15.2 Å². The van der Waals surface area contributed by atoms with E-state index in [1.165, 1.54) is 6.20 Å². The zero-order valence-electron chi connectivity index (χ0n) is 20.4. The summed E-state index contributed by atoms with van der Waals surface area (Å²) in [4.78, 5) is 33.7. The molecule has 1 rings (SSSR count). The molecule has 10 heteroatoms. The average molecular weight is 471 g/mol. The Bertz CT molecular complexity index is 916. The fourth-order valence-corrected chi connectivity index (χ4v) is 2.68. The Hall–Kier alpha value is -3.79. The van der Waals surface area contributed by atoms with Crippen LogP contribution in [-0.4, -0.2) is 66.8 Å². The lowest BCUT2D eigenvalue weighted by molar-refractivity contribution is -0.146. The van der Waals surface area contributed by atoms with Gasteiger partial charge in [0.1, 0.15) is 23.4 Å². The maximum Gasteiger partial charge on any atom is 0.329 e. The van der Waals surface area contributed by atoms with Crippen LogP contribution in [-0.2, 0) is 14.3 Å². The third-order valence-corrected chi connectivity index (χ3v) is 4.47. The maximum atomic E-state index is 12.5. The second-order valence-corrected chi connectivity index (χ2v) is 7.05. The Morgan fingerprint density at radius 1 is 1.38 bits per heavy atom. The highest BCUT2D eigenvalue weighted by Crippen LogP contribution is 2.12. The molecule has 0 radical (unpaired) electrons. The predicted molar refractivity (Wildman–Crippen MR) is 135 cm³/mol. The highest BCUT2D eigenvalue weighted by Gasteiger charge is 2.30. The van der Waals surface area contributed by atoms with Crippen LogP contribution < -0.4 is 5.32 Å². The molecule has 10 nitrogen and oxygen atoms in total. The molecule has 0 aromatic rings. The number of hydrazone groups is 1. The van der Waals surface area contributed by atoms with E-state index < -0.39 is 18.0 Å². The Kier molecular flexibility index (Phi) is 12.6. The van der Waals surface area contributed by atoms with Gasteiger partial charge in [0.25, 0.3) is 5.91 Å². The molecule has 34 heavy (non-hydrogen) atoms. The van der Waals surface area contributed by atoms with Crippen LogP contribution in [0.1, 0.15) is 33.6 Å². The van der Waals surface area contributed by atoms with Gasteiger partial charge in [0.15, 0.2) is 0 Å². The van der Waals surface area contributed by atoms with Gasteiger partial charge in [-0.25, -0.2) is 9.79 Å². The van der Waals surface area contributed by atoms with Crippen molar-refractivity contribution in [3.8, 4) is 0 Å². The number of imide groups is 1. The minimum atomic E-state index is -0.665. The van der Waals surface area contributed by atoms with Gasteiger partial charge in [0.05, 0.1) is 13.2 Å². The lowest BCUT2D eigenvalue weighted by Crippen LogP contribution is -2.52. The first-order valence-electron chi connectivity index (χ1n) is 10.8. The van der Waals surface area contributed by atoms with Crippen LogP contribution >= 0.6 is 0 Å². The molecule has 0 saturated carbocycles. The van der Waals surface area contributed by atoms with Crippen LogP contribution in [0.5, 0.6) is 0 Å². The van der Waals surface area contributed by atoms with Crippen LogP contribution in [0.25, 0.3) is 0 Å². The summed E-state index contributed by atoms with van der Waals surface area (Å²) in [6.07, 6.45) is 10.2. The number of amides is 3. The number of rotatable bonds is 12. The molecule has 1 aliphatic rings. The lowest BCUT2D eigenvalue weighted by atomic mass is 10.2. The van der Waals surface area contributed by atoms with Gasteiger partial charge in [-0.2, -0.15) is 5.10 Å². The normalized spacial score (nSPS) is 18.1. The maximum absolute atomic E-state index is 12.5. The predicted octanol–water partition coefficient (Wildman–Crippen LogP) is 3.74. The Balaban J connectivity index is 2.88. The molecule has 1 N–H and O–H groups in total. The van der Waals surface area contributed by atoms with Gasteiger partial charge < -0.3 is 9.47 Å². The molecular weight excluding hydrogens is 436 g/mol. The summed E-state index contributed by atoms with van der Waals surface area (Å²) in [6.45, 7) is 16.5. The number of allylic oxidation sites excluding steroid dienone is 5. The first kappa shape index (κ1) is 28.2. The SMILES string of the molecule is C=C/N=C(\C=C(/C)O/C(=C/C=C(\N=C)NC(=O)N1CCO[C@H](C)C1=O)CC)C/C=N\N(C)C=C. The number of hydrogen-bond donors (Lipinski definition) is 1. The number of nitrogens with zero attached hydrogens (tertiary/aromatic N) is 5. The van der Waals surface area contributed by atoms with Gasteiger partial charge >= 0.3 is 6.03 Å². The first-order valence-corrected chi connectivity index (χ1v) is 10.8. The zero-order chi connectivity index (χ0) is 25.5. The molecule has 0 aromatic carbocycles. The number of carbonyl (C=O) groups is 2. The molecule has 3 amide bonds. The van der Waals surface area contributed by atoms with Crippen molar-refractivity contribution in [2.75, 3.05) is 20.2 Å². The largest absolute Gasteiger partial charge is 0.466 e. The number of ether oxygens (including phenoxy) is 2. The quantitative estimate of drug-likeness (QED) is 0.202. The highest BCUT2D eigenvalue weighted by molar-refractivity contribution is 6.03. The molecule has 0 spiro atoms. The molecule has 1 heterocycles. The van der Waals surface area contributed by atoms with E-state index in [0.717, 1.165) is 4.90 Å². The van der Waals surface area contributed by atoms with Crippen LogP contribution in [0.4, 0.5) is 4.79 Å². The van der Waals surface area contributed by atoms with E-state index >= 15 is 0 Å². The molecule has 0 aromatic heterocycles. The van der Waals surface area contributed by atoms with E-state index in [1.54, 1.807) is 56.5 Å². The smallest absolute Gasteiger partial charge is 0.329 e. The van der Waals surface area contributed by atoms with Gasteiger partial charge in [-0.3, -0.25) is 25.0 Å². The van der Waals surface area contributed by atoms with E-state index in [0.29, 0.717) is 30.1 Å². The zero-order valence-corrected chi connectivity index (χ0v) is 20.4. The van der Waals surface area contributed by atoms with Gasteiger partial charge in [-0.05, 0) is 38.8 Å². The second-order valence-electron chi connectivity index (χ2n) is 7.05. The first-order chi connectivity index (χ1) is 16.2. The number of aliphatic imine (C=N–C) groups is 2. The number of urea groups is 1. The fourth-order valence-electron chi connectivity index (χ4n) is 2.68. The van der Waals surface area contributed by atoms with E-state index in [1.807, 2.05) is 6.92 Å². The van der Waals surface area contributed by atoms with Crippen molar-refractivity contribution in [3.05, 3.63) is 61.1 Å². The lowest BCUT2D eigenvalue weighted by Gasteiger charge is -2.29. The van der Waals surface area contributed by atoms with Gasteiger partial charge in [0, 0.05) is 44.2 Å². The molecular formula is C24H34N6O4. The molecule has 0 aliphatic carbocycles. The van der Waals surface area contributed by atoms with E-state index in [4.69, 9.17) is 9.47 Å². The summed E-state index contributed by atoms with van der Waals surface area (Å²) in [5, 5.41) is 8.34. The van der Waals surface area contributed by atoms with Crippen LogP contribution in [0.2, 0.25) is 0 Å². The van der Waals surface area contributed by atoms with Crippen LogP contribution in [0, 0.1) is 0 Å². The average Bonchev–Trinajstić information content (AvgIpc) is 2.82. The Morgan fingerprint density at radius 3 is 2.74 bits per heavy atom. The van der Waals surface area contributed by atoms with Gasteiger partial charge in [-0.1, -0.05) is 20.1 Å². The van der Waals surface area contributed by atoms with Gasteiger partial charge in [0.2, 0.25) is 0 Å². The third-order valence-electron chi connectivity index (χ3n) is 4.47. The standard InChI is InChI=1S/C24H34N6O4/c1-8-21(34-18(4)17-20(26-9-2)13-14-27-29(7)10-3)11-12-22(25-6)28-24(32)30-15-16-33-19(5)23(30)31/h9-12,14,17,19H,2-3,6,8,13,15-16H2,1,4-5,7H3,(H,28,32)/b18-17+,21-11+,22-12+,26-20-,27-14-/t19-/m1/s1.